The molecule has 0 heteroatoms. The van der Waals surface area contributed by atoms with Crippen molar-refractivity contribution >= 4 is 0 Å². The third kappa shape index (κ3) is 0.694. The molecule has 2 rings (SSSR count). The molecule has 0 N–H and O–H groups in total. The topological polar surface area (TPSA) is 0 Å². The number of hydrogen-bond donors (Lipinski definition) is 0. The Labute approximate surface area is 76.1 Å². The van der Waals surface area contributed by atoms with E-state index in [1.807, 2.05) is 0 Å². The summed E-state index contributed by atoms with van der Waals surface area (Å²) in [4.78, 5) is 0. The predicted molar refractivity (Wildman–Crippen MR) is 53.0 cm³/mol. The molecule has 2 atom stereocenters. The van der Waals surface area contributed by atoms with E-state index in [2.05, 4.69) is 33.8 Å². The number of allylic oxidation sites excluding steroid dienone is 2. The van der Waals surface area contributed by atoms with Crippen LogP contribution in [-0.4, -0.2) is 0 Å². The predicted octanol–water partition coefficient (Wildman–Crippen LogP) is 3.78. The Hall–Kier alpha value is -0.260. The lowest BCUT2D eigenvalue weighted by molar-refractivity contribution is 0.179. The summed E-state index contributed by atoms with van der Waals surface area (Å²) < 4.78 is 0. The second kappa shape index (κ2) is 2.16. The average Bonchev–Trinajstić information content (AvgIpc) is 2.34. The smallest absolute Gasteiger partial charge is 0.00624 e. The minimum atomic E-state index is 0.534. The van der Waals surface area contributed by atoms with Crippen LogP contribution in [0.25, 0.3) is 0 Å². The molecule has 0 radical (unpaired) electrons. The van der Waals surface area contributed by atoms with Crippen LogP contribution in [-0.2, 0) is 0 Å². The lowest BCUT2D eigenvalue weighted by atomic mass is 9.69. The Morgan fingerprint density at radius 1 is 1.33 bits per heavy atom. The van der Waals surface area contributed by atoms with Gasteiger partial charge in [-0.25, -0.2) is 0 Å². The first-order valence-electron chi connectivity index (χ1n) is 5.18. The fourth-order valence-electron chi connectivity index (χ4n) is 3.46. The van der Waals surface area contributed by atoms with Crippen molar-refractivity contribution in [1.82, 2.24) is 0 Å². The van der Waals surface area contributed by atoms with E-state index in [1.165, 1.54) is 19.3 Å². The molecule has 2 saturated carbocycles. The van der Waals surface area contributed by atoms with E-state index in [0.717, 1.165) is 5.92 Å². The maximum Gasteiger partial charge on any atom is -0.00624 e. The first-order chi connectivity index (χ1) is 5.52. The second-order valence-electron chi connectivity index (χ2n) is 5.31. The van der Waals surface area contributed by atoms with E-state index >= 15 is 0 Å². The molecular formula is C12H20. The molecule has 0 aromatic rings. The maximum absolute atomic E-state index is 2.47. The largest absolute Gasteiger partial charge is 0.0879 e. The van der Waals surface area contributed by atoms with Gasteiger partial charge in [-0.15, -0.1) is 0 Å². The summed E-state index contributed by atoms with van der Waals surface area (Å²) in [7, 11) is 0. The highest BCUT2D eigenvalue weighted by Crippen LogP contribution is 2.67. The van der Waals surface area contributed by atoms with E-state index in [0.29, 0.717) is 10.8 Å². The van der Waals surface area contributed by atoms with Gasteiger partial charge in [0.25, 0.3) is 0 Å². The van der Waals surface area contributed by atoms with Gasteiger partial charge < -0.3 is 0 Å². The van der Waals surface area contributed by atoms with Crippen molar-refractivity contribution in [2.24, 2.45) is 16.7 Å². The molecule has 2 fully saturated rings. The first kappa shape index (κ1) is 8.34. The molecule has 0 amide bonds. The number of hydrogen-bond acceptors (Lipinski definition) is 0. The van der Waals surface area contributed by atoms with Crippen molar-refractivity contribution in [3.05, 3.63) is 11.6 Å². The van der Waals surface area contributed by atoms with Crippen molar-refractivity contribution in [2.45, 2.75) is 47.0 Å². The molecule has 0 heterocycles. The van der Waals surface area contributed by atoms with Gasteiger partial charge >= 0.3 is 0 Å². The third-order valence-electron chi connectivity index (χ3n) is 4.96. The Morgan fingerprint density at radius 2 is 2.00 bits per heavy atom. The van der Waals surface area contributed by atoms with Crippen LogP contribution in [0, 0.1) is 16.7 Å². The molecule has 2 bridgehead atoms. The zero-order chi connectivity index (χ0) is 8.98. The highest BCUT2D eigenvalue weighted by atomic mass is 14.6. The van der Waals surface area contributed by atoms with Gasteiger partial charge in [0.2, 0.25) is 0 Å². The Balaban J connectivity index is 2.46. The molecule has 12 heavy (non-hydrogen) atoms. The quantitative estimate of drug-likeness (QED) is 0.478. The van der Waals surface area contributed by atoms with Gasteiger partial charge in [0.15, 0.2) is 0 Å². The van der Waals surface area contributed by atoms with Crippen molar-refractivity contribution in [3.63, 3.8) is 0 Å². The molecule has 2 unspecified atom stereocenters. The van der Waals surface area contributed by atoms with Gasteiger partial charge in [0.1, 0.15) is 0 Å². The van der Waals surface area contributed by atoms with Crippen LogP contribution >= 0.6 is 0 Å². The second-order valence-corrected chi connectivity index (χ2v) is 5.31. The van der Waals surface area contributed by atoms with E-state index in [1.54, 1.807) is 5.57 Å². The lowest BCUT2D eigenvalue weighted by Gasteiger charge is -2.35. The van der Waals surface area contributed by atoms with Gasteiger partial charge in [-0.1, -0.05) is 32.4 Å². The summed E-state index contributed by atoms with van der Waals surface area (Å²) in [6, 6.07) is 0. The van der Waals surface area contributed by atoms with Crippen LogP contribution in [0.3, 0.4) is 0 Å². The minimum Gasteiger partial charge on any atom is -0.0879 e. The van der Waals surface area contributed by atoms with Crippen molar-refractivity contribution in [3.8, 4) is 0 Å². The molecule has 2 aliphatic rings. The summed E-state index contributed by atoms with van der Waals surface area (Å²) in [6.45, 7) is 9.59. The van der Waals surface area contributed by atoms with E-state index in [9.17, 15) is 0 Å². The SMILES string of the molecule is C/C=C1/CC2CCC1(C)C2(C)C. The van der Waals surface area contributed by atoms with Crippen LogP contribution in [0.2, 0.25) is 0 Å². The zero-order valence-electron chi connectivity index (χ0n) is 8.78. The summed E-state index contributed by atoms with van der Waals surface area (Å²) in [6.07, 6.45) is 6.62. The molecular weight excluding hydrogens is 144 g/mol. The minimum absolute atomic E-state index is 0.534. The molecule has 0 saturated heterocycles. The molecule has 68 valence electrons. The van der Waals surface area contributed by atoms with Gasteiger partial charge in [-0.3, -0.25) is 0 Å². The van der Waals surface area contributed by atoms with Crippen LogP contribution in [0.15, 0.2) is 11.6 Å². The molecule has 0 spiro atoms. The lowest BCUT2D eigenvalue weighted by Crippen LogP contribution is -2.27. The third-order valence-corrected chi connectivity index (χ3v) is 4.96. The first-order valence-corrected chi connectivity index (χ1v) is 5.18. The van der Waals surface area contributed by atoms with Crippen LogP contribution in [0.1, 0.15) is 47.0 Å². The molecule has 0 aliphatic heterocycles. The number of fused-ring (bicyclic) bond motifs is 2. The Bertz CT molecular complexity index is 234. The molecule has 0 nitrogen and oxygen atoms in total. The van der Waals surface area contributed by atoms with Gasteiger partial charge in [0, 0.05) is 0 Å². The van der Waals surface area contributed by atoms with Crippen molar-refractivity contribution in [2.75, 3.05) is 0 Å². The zero-order valence-corrected chi connectivity index (χ0v) is 8.78. The number of rotatable bonds is 0. The molecule has 0 aromatic carbocycles. The average molecular weight is 164 g/mol. The highest BCUT2D eigenvalue weighted by molar-refractivity contribution is 5.28. The molecule has 0 aromatic heterocycles. The summed E-state index contributed by atoms with van der Waals surface area (Å²) >= 11 is 0. The summed E-state index contributed by atoms with van der Waals surface area (Å²) in [5.74, 6) is 0.966. The fraction of sp³-hybridized carbons (Fsp3) is 0.833. The van der Waals surface area contributed by atoms with Crippen LogP contribution < -0.4 is 0 Å². The summed E-state index contributed by atoms with van der Waals surface area (Å²) in [5, 5.41) is 0. The monoisotopic (exact) mass is 164 g/mol. The van der Waals surface area contributed by atoms with Crippen molar-refractivity contribution in [1.29, 1.82) is 0 Å². The van der Waals surface area contributed by atoms with E-state index < -0.39 is 0 Å². The van der Waals surface area contributed by atoms with E-state index in [4.69, 9.17) is 0 Å². The van der Waals surface area contributed by atoms with Crippen LogP contribution in [0.5, 0.6) is 0 Å². The standard InChI is InChI=1S/C12H20/c1-5-9-8-10-6-7-12(9,4)11(10,2)3/h5,10H,6-8H2,1-4H3/b9-5-. The van der Waals surface area contributed by atoms with Gasteiger partial charge in [-0.05, 0) is 42.9 Å². The van der Waals surface area contributed by atoms with Gasteiger partial charge in [-0.2, -0.15) is 0 Å². The normalized spacial score (nSPS) is 47.3. The Morgan fingerprint density at radius 3 is 2.25 bits per heavy atom. The van der Waals surface area contributed by atoms with Crippen molar-refractivity contribution < 1.29 is 0 Å². The summed E-state index contributed by atoms with van der Waals surface area (Å²) in [5.41, 5.74) is 2.82. The van der Waals surface area contributed by atoms with Gasteiger partial charge in [0.05, 0.1) is 0 Å². The molecule has 2 aliphatic carbocycles. The maximum atomic E-state index is 2.47. The van der Waals surface area contributed by atoms with Crippen LogP contribution in [0.4, 0.5) is 0 Å². The fourth-order valence-corrected chi connectivity index (χ4v) is 3.46. The Kier molecular flexibility index (Phi) is 1.50. The van der Waals surface area contributed by atoms with E-state index in [-0.39, 0.29) is 0 Å². The highest BCUT2D eigenvalue weighted by Gasteiger charge is 2.58.